The Labute approximate surface area is 154 Å². The number of hydrogen-bond donors (Lipinski definition) is 0. The van der Waals surface area contributed by atoms with Crippen molar-refractivity contribution in [2.45, 2.75) is 54.5 Å². The lowest BCUT2D eigenvalue weighted by Gasteiger charge is -2.29. The monoisotopic (exact) mass is 369 g/mol. The van der Waals surface area contributed by atoms with Crippen LogP contribution in [0.1, 0.15) is 53.5 Å². The second kappa shape index (κ2) is 9.15. The average Bonchev–Trinajstić information content (AvgIpc) is 2.44. The van der Waals surface area contributed by atoms with Crippen LogP contribution in [0.4, 0.5) is 0 Å². The predicted molar refractivity (Wildman–Crippen MR) is 105 cm³/mol. The molecular formula is C20H35NO3S. The molecule has 0 amide bonds. The van der Waals surface area contributed by atoms with Crippen molar-refractivity contribution in [1.82, 2.24) is 4.31 Å². The number of benzene rings is 1. The van der Waals surface area contributed by atoms with Crippen LogP contribution < -0.4 is 0 Å². The van der Waals surface area contributed by atoms with Crippen molar-refractivity contribution in [3.05, 3.63) is 35.9 Å². The minimum atomic E-state index is -3.32. The van der Waals surface area contributed by atoms with Crippen LogP contribution in [0.2, 0.25) is 0 Å². The van der Waals surface area contributed by atoms with Crippen molar-refractivity contribution in [1.29, 1.82) is 0 Å². The van der Waals surface area contributed by atoms with Gasteiger partial charge >= 0.3 is 0 Å². The van der Waals surface area contributed by atoms with Crippen LogP contribution >= 0.6 is 0 Å². The third-order valence-corrected chi connectivity index (χ3v) is 5.32. The molecule has 1 aromatic carbocycles. The largest absolute Gasteiger partial charge is 0.381 e. The summed E-state index contributed by atoms with van der Waals surface area (Å²) in [7, 11) is -3.32. The van der Waals surface area contributed by atoms with Crippen LogP contribution in [0.3, 0.4) is 0 Å². The van der Waals surface area contributed by atoms with E-state index in [0.29, 0.717) is 32.7 Å². The van der Waals surface area contributed by atoms with E-state index in [1.54, 1.807) is 4.31 Å². The Morgan fingerprint density at radius 2 is 1.56 bits per heavy atom. The van der Waals surface area contributed by atoms with Crippen molar-refractivity contribution in [2.24, 2.45) is 10.8 Å². The Hall–Kier alpha value is -0.910. The third kappa shape index (κ3) is 9.97. The van der Waals surface area contributed by atoms with E-state index >= 15 is 0 Å². The van der Waals surface area contributed by atoms with Gasteiger partial charge in [-0.05, 0) is 22.8 Å². The zero-order chi connectivity index (χ0) is 19.1. The summed E-state index contributed by atoms with van der Waals surface area (Å²) >= 11 is 0. The fourth-order valence-corrected chi connectivity index (χ4v) is 4.09. The molecular weight excluding hydrogens is 334 g/mol. The third-order valence-electron chi connectivity index (χ3n) is 3.47. The molecule has 0 heterocycles. The number of nitrogens with zero attached hydrogens (tertiary/aromatic N) is 1. The van der Waals surface area contributed by atoms with E-state index in [-0.39, 0.29) is 16.6 Å². The normalized spacial score (nSPS) is 13.4. The zero-order valence-corrected chi connectivity index (χ0v) is 17.5. The standard InChI is InChI=1S/C20H35NO3S/c1-19(2,3)16-21(15-18-11-8-7-9-12-18)25(22,23)14-10-13-24-17-20(4,5)6/h7-9,11-12H,10,13-17H2,1-6H3. The molecule has 0 saturated heterocycles. The Bertz CT molecular complexity index is 598. The number of hydrogen-bond acceptors (Lipinski definition) is 3. The SMILES string of the molecule is CC(C)(C)COCCCS(=O)(=O)N(Cc1ccccc1)CC(C)(C)C. The first-order chi connectivity index (χ1) is 11.4. The van der Waals surface area contributed by atoms with E-state index < -0.39 is 10.0 Å². The maximum Gasteiger partial charge on any atom is 0.214 e. The highest BCUT2D eigenvalue weighted by atomic mass is 32.2. The van der Waals surface area contributed by atoms with Crippen LogP contribution in [0.5, 0.6) is 0 Å². The lowest BCUT2D eigenvalue weighted by atomic mass is 9.97. The highest BCUT2D eigenvalue weighted by molar-refractivity contribution is 7.89. The van der Waals surface area contributed by atoms with Gasteiger partial charge in [0.2, 0.25) is 10.0 Å². The van der Waals surface area contributed by atoms with Gasteiger partial charge in [0.05, 0.1) is 12.4 Å². The summed E-state index contributed by atoms with van der Waals surface area (Å²) < 4.78 is 32.9. The first kappa shape index (κ1) is 22.1. The molecule has 0 saturated carbocycles. The molecule has 0 N–H and O–H groups in total. The molecule has 0 fully saturated rings. The summed E-state index contributed by atoms with van der Waals surface area (Å²) in [6, 6.07) is 9.77. The summed E-state index contributed by atoms with van der Waals surface area (Å²) in [4.78, 5) is 0. The van der Waals surface area contributed by atoms with Crippen molar-refractivity contribution < 1.29 is 13.2 Å². The smallest absolute Gasteiger partial charge is 0.214 e. The molecule has 0 bridgehead atoms. The van der Waals surface area contributed by atoms with Gasteiger partial charge in [-0.25, -0.2) is 8.42 Å². The lowest BCUT2D eigenvalue weighted by Crippen LogP contribution is -2.38. The van der Waals surface area contributed by atoms with E-state index in [2.05, 4.69) is 41.5 Å². The Morgan fingerprint density at radius 1 is 0.960 bits per heavy atom. The molecule has 1 aromatic rings. The molecule has 0 radical (unpaired) electrons. The van der Waals surface area contributed by atoms with Crippen LogP contribution in [-0.4, -0.2) is 38.2 Å². The van der Waals surface area contributed by atoms with Gasteiger partial charge in [-0.1, -0.05) is 71.9 Å². The number of rotatable bonds is 9. The fourth-order valence-electron chi connectivity index (χ4n) is 2.42. The van der Waals surface area contributed by atoms with Gasteiger partial charge in [0.1, 0.15) is 0 Å². The lowest BCUT2D eigenvalue weighted by molar-refractivity contribution is 0.0719. The molecule has 0 spiro atoms. The summed E-state index contributed by atoms with van der Waals surface area (Å²) in [5, 5.41) is 0. The van der Waals surface area contributed by atoms with Gasteiger partial charge in [-0.2, -0.15) is 4.31 Å². The van der Waals surface area contributed by atoms with Crippen LogP contribution in [0.25, 0.3) is 0 Å². The molecule has 25 heavy (non-hydrogen) atoms. The number of ether oxygens (including phenoxy) is 1. The molecule has 0 aliphatic rings. The number of sulfonamides is 1. The molecule has 0 aromatic heterocycles. The van der Waals surface area contributed by atoms with Crippen LogP contribution in [0.15, 0.2) is 30.3 Å². The van der Waals surface area contributed by atoms with E-state index in [4.69, 9.17) is 4.74 Å². The minimum Gasteiger partial charge on any atom is -0.381 e. The van der Waals surface area contributed by atoms with E-state index in [1.165, 1.54) is 0 Å². The highest BCUT2D eigenvalue weighted by Crippen LogP contribution is 2.21. The second-order valence-corrected chi connectivity index (χ2v) is 11.2. The van der Waals surface area contributed by atoms with Gasteiger partial charge in [-0.3, -0.25) is 0 Å². The van der Waals surface area contributed by atoms with Gasteiger partial charge in [-0.15, -0.1) is 0 Å². The quantitative estimate of drug-likeness (QED) is 0.609. The van der Waals surface area contributed by atoms with Crippen LogP contribution in [-0.2, 0) is 21.3 Å². The maximum atomic E-state index is 12.8. The zero-order valence-electron chi connectivity index (χ0n) is 16.7. The van der Waals surface area contributed by atoms with Crippen molar-refractivity contribution in [3.8, 4) is 0 Å². The van der Waals surface area contributed by atoms with E-state index in [0.717, 1.165) is 5.56 Å². The first-order valence-corrected chi connectivity index (χ1v) is 10.6. The molecule has 144 valence electrons. The molecule has 0 unspecified atom stereocenters. The van der Waals surface area contributed by atoms with Gasteiger partial charge < -0.3 is 4.74 Å². The van der Waals surface area contributed by atoms with E-state index in [9.17, 15) is 8.42 Å². The molecule has 1 rings (SSSR count). The summed E-state index contributed by atoms with van der Waals surface area (Å²) in [6.07, 6.45) is 0.522. The summed E-state index contributed by atoms with van der Waals surface area (Å²) in [6.45, 7) is 14.6. The van der Waals surface area contributed by atoms with Crippen molar-refractivity contribution in [2.75, 3.05) is 25.5 Å². The van der Waals surface area contributed by atoms with Crippen molar-refractivity contribution >= 4 is 10.0 Å². The fraction of sp³-hybridized carbons (Fsp3) is 0.700. The van der Waals surface area contributed by atoms with Gasteiger partial charge in [0.15, 0.2) is 0 Å². The first-order valence-electron chi connectivity index (χ1n) is 8.99. The predicted octanol–water partition coefficient (Wildman–Crippen LogP) is 4.32. The Balaban J connectivity index is 2.68. The second-order valence-electron chi connectivity index (χ2n) is 9.10. The molecule has 0 aliphatic heterocycles. The highest BCUT2D eigenvalue weighted by Gasteiger charge is 2.26. The Kier molecular flexibility index (Phi) is 8.10. The summed E-state index contributed by atoms with van der Waals surface area (Å²) in [5.41, 5.74) is 1.02. The van der Waals surface area contributed by atoms with Crippen molar-refractivity contribution in [3.63, 3.8) is 0 Å². The molecule has 4 nitrogen and oxygen atoms in total. The van der Waals surface area contributed by atoms with E-state index in [1.807, 2.05) is 30.3 Å². The molecule has 0 aliphatic carbocycles. The van der Waals surface area contributed by atoms with Crippen LogP contribution in [0, 0.1) is 10.8 Å². The summed E-state index contributed by atoms with van der Waals surface area (Å²) in [5.74, 6) is 0.125. The molecule has 5 heteroatoms. The molecule has 0 atom stereocenters. The Morgan fingerprint density at radius 3 is 2.08 bits per heavy atom. The van der Waals surface area contributed by atoms with Gasteiger partial charge in [0.25, 0.3) is 0 Å². The average molecular weight is 370 g/mol. The minimum absolute atomic E-state index is 0.0927. The maximum absolute atomic E-state index is 12.8. The topological polar surface area (TPSA) is 46.6 Å². The van der Waals surface area contributed by atoms with Gasteiger partial charge in [0, 0.05) is 19.7 Å².